The van der Waals surface area contributed by atoms with Gasteiger partial charge in [-0.25, -0.2) is 0 Å². The highest BCUT2D eigenvalue weighted by Gasteiger charge is 2.34. The van der Waals surface area contributed by atoms with Gasteiger partial charge in [0.25, 0.3) is 17.7 Å². The molecule has 0 saturated carbocycles. The summed E-state index contributed by atoms with van der Waals surface area (Å²) in [4.78, 5) is 52.9. The molecule has 0 fully saturated rings. The zero-order chi connectivity index (χ0) is 24.2. The van der Waals surface area contributed by atoms with Gasteiger partial charge >= 0.3 is 0 Å². The van der Waals surface area contributed by atoms with Gasteiger partial charge in [-0.15, -0.1) is 0 Å². The number of carbonyl (C=O) groups excluding carboxylic acids is 4. The second-order valence-corrected chi connectivity index (χ2v) is 8.16. The maximum absolute atomic E-state index is 12.8. The van der Waals surface area contributed by atoms with Crippen LogP contribution in [0.3, 0.4) is 0 Å². The number of benzene rings is 3. The molecule has 4 rings (SSSR count). The zero-order valence-corrected chi connectivity index (χ0v) is 19.1. The van der Waals surface area contributed by atoms with Crippen molar-refractivity contribution in [1.29, 1.82) is 0 Å². The molecule has 34 heavy (non-hydrogen) atoms. The minimum atomic E-state index is -0.323. The highest BCUT2D eigenvalue weighted by molar-refractivity contribution is 6.21. The van der Waals surface area contributed by atoms with E-state index in [1.54, 1.807) is 55.6 Å². The van der Waals surface area contributed by atoms with Gasteiger partial charge in [-0.3, -0.25) is 24.1 Å². The Balaban J connectivity index is 1.37. The fraction of sp³-hybridized carbons (Fsp3) is 0.185. The van der Waals surface area contributed by atoms with Crippen molar-refractivity contribution in [1.82, 2.24) is 9.80 Å². The van der Waals surface area contributed by atoms with Crippen molar-refractivity contribution in [2.75, 3.05) is 18.9 Å². The maximum Gasteiger partial charge on any atom is 0.261 e. The molecule has 1 heterocycles. The molecular formula is C27H25N3O4. The van der Waals surface area contributed by atoms with Crippen molar-refractivity contribution in [3.63, 3.8) is 0 Å². The second kappa shape index (κ2) is 9.70. The van der Waals surface area contributed by atoms with E-state index >= 15 is 0 Å². The van der Waals surface area contributed by atoms with Crippen molar-refractivity contribution in [3.05, 3.63) is 101 Å². The molecule has 7 nitrogen and oxygen atoms in total. The highest BCUT2D eigenvalue weighted by atomic mass is 16.2. The number of amides is 4. The first-order valence-corrected chi connectivity index (χ1v) is 11.1. The number of aryl methyl sites for hydroxylation is 1. The number of rotatable bonds is 7. The Morgan fingerprint density at radius 3 is 2.06 bits per heavy atom. The van der Waals surface area contributed by atoms with E-state index in [0.717, 1.165) is 23.2 Å². The molecule has 172 valence electrons. The molecule has 0 saturated heterocycles. The van der Waals surface area contributed by atoms with E-state index in [4.69, 9.17) is 0 Å². The Morgan fingerprint density at radius 1 is 0.853 bits per heavy atom. The molecule has 0 radical (unpaired) electrons. The maximum atomic E-state index is 12.8. The average Bonchev–Trinajstić information content (AvgIpc) is 3.09. The lowest BCUT2D eigenvalue weighted by Gasteiger charge is -2.18. The molecule has 1 N–H and O–H groups in total. The van der Waals surface area contributed by atoms with E-state index in [1.807, 2.05) is 31.2 Å². The van der Waals surface area contributed by atoms with E-state index in [9.17, 15) is 19.2 Å². The largest absolute Gasteiger partial charge is 0.332 e. The number of carbonyl (C=O) groups is 4. The van der Waals surface area contributed by atoms with Gasteiger partial charge in [0.15, 0.2) is 0 Å². The smallest absolute Gasteiger partial charge is 0.261 e. The Labute approximate surface area is 198 Å². The summed E-state index contributed by atoms with van der Waals surface area (Å²) in [5.41, 5.74) is 3.71. The monoisotopic (exact) mass is 455 g/mol. The van der Waals surface area contributed by atoms with Crippen LogP contribution in [-0.4, -0.2) is 47.0 Å². The third-order valence-electron chi connectivity index (χ3n) is 5.82. The SMILES string of the molecule is CCc1ccccc1NC(=O)CN(C)C(=O)c1ccc(CN2C(=O)c3ccccc3C2=O)cc1. The summed E-state index contributed by atoms with van der Waals surface area (Å²) >= 11 is 0. The number of nitrogens with zero attached hydrogens (tertiary/aromatic N) is 2. The number of para-hydroxylation sites is 1. The zero-order valence-electron chi connectivity index (χ0n) is 19.1. The Bertz CT molecular complexity index is 1230. The minimum Gasteiger partial charge on any atom is -0.332 e. The first kappa shape index (κ1) is 22.9. The van der Waals surface area contributed by atoms with Crippen molar-refractivity contribution < 1.29 is 19.2 Å². The van der Waals surface area contributed by atoms with Gasteiger partial charge in [0.05, 0.1) is 24.2 Å². The van der Waals surface area contributed by atoms with E-state index < -0.39 is 0 Å². The van der Waals surface area contributed by atoms with Gasteiger partial charge < -0.3 is 10.2 Å². The summed E-state index contributed by atoms with van der Waals surface area (Å²) < 4.78 is 0. The summed E-state index contributed by atoms with van der Waals surface area (Å²) in [5.74, 6) is -1.22. The fourth-order valence-electron chi connectivity index (χ4n) is 3.97. The van der Waals surface area contributed by atoms with Crippen molar-refractivity contribution in [2.24, 2.45) is 0 Å². The third-order valence-corrected chi connectivity index (χ3v) is 5.82. The summed E-state index contributed by atoms with van der Waals surface area (Å²) in [6.45, 7) is 2.04. The molecule has 4 amide bonds. The lowest BCUT2D eigenvalue weighted by atomic mass is 10.1. The van der Waals surface area contributed by atoms with Crippen LogP contribution in [0.1, 0.15) is 49.1 Å². The molecule has 3 aromatic carbocycles. The molecule has 0 aromatic heterocycles. The summed E-state index contributed by atoms with van der Waals surface area (Å²) in [5, 5.41) is 2.86. The number of likely N-dealkylation sites (N-methyl/N-ethyl adjacent to an activating group) is 1. The lowest BCUT2D eigenvalue weighted by Crippen LogP contribution is -2.35. The third kappa shape index (κ3) is 4.59. The molecular weight excluding hydrogens is 430 g/mol. The molecule has 0 atom stereocenters. The van der Waals surface area contributed by atoms with Crippen molar-refractivity contribution >= 4 is 29.3 Å². The second-order valence-electron chi connectivity index (χ2n) is 8.16. The van der Waals surface area contributed by atoms with E-state index in [1.165, 1.54) is 9.80 Å². The number of anilines is 1. The van der Waals surface area contributed by atoms with Crippen LogP contribution in [-0.2, 0) is 17.8 Å². The predicted octanol–water partition coefficient (Wildman–Crippen LogP) is 3.76. The molecule has 1 aliphatic heterocycles. The quantitative estimate of drug-likeness (QED) is 0.550. The van der Waals surface area contributed by atoms with Gasteiger partial charge in [0.1, 0.15) is 0 Å². The van der Waals surface area contributed by atoms with Crippen LogP contribution in [0, 0.1) is 0 Å². The van der Waals surface area contributed by atoms with Crippen LogP contribution in [0.2, 0.25) is 0 Å². The van der Waals surface area contributed by atoms with Crippen LogP contribution in [0.25, 0.3) is 0 Å². The number of hydrogen-bond donors (Lipinski definition) is 1. The van der Waals surface area contributed by atoms with Gasteiger partial charge in [0, 0.05) is 18.3 Å². The Kier molecular flexibility index (Phi) is 6.54. The Morgan fingerprint density at radius 2 is 1.44 bits per heavy atom. The molecule has 0 aliphatic carbocycles. The fourth-order valence-corrected chi connectivity index (χ4v) is 3.97. The number of hydrogen-bond acceptors (Lipinski definition) is 4. The van der Waals surface area contributed by atoms with Gasteiger partial charge in [0.2, 0.25) is 5.91 Å². The van der Waals surface area contributed by atoms with Gasteiger partial charge in [-0.1, -0.05) is 49.4 Å². The van der Waals surface area contributed by atoms with E-state index in [-0.39, 0.29) is 36.7 Å². The number of fused-ring (bicyclic) bond motifs is 1. The van der Waals surface area contributed by atoms with Crippen LogP contribution in [0.15, 0.2) is 72.8 Å². The number of nitrogens with one attached hydrogen (secondary N) is 1. The first-order valence-electron chi connectivity index (χ1n) is 11.1. The Hall–Kier alpha value is -4.26. The van der Waals surface area contributed by atoms with Gasteiger partial charge in [-0.05, 0) is 47.9 Å². The van der Waals surface area contributed by atoms with Crippen LogP contribution < -0.4 is 5.32 Å². The highest BCUT2D eigenvalue weighted by Crippen LogP contribution is 2.24. The molecule has 0 spiro atoms. The first-order chi connectivity index (χ1) is 16.4. The van der Waals surface area contributed by atoms with Crippen LogP contribution in [0.4, 0.5) is 5.69 Å². The summed E-state index contributed by atoms with van der Waals surface area (Å²) in [6.07, 6.45) is 0.790. The predicted molar refractivity (Wildman–Crippen MR) is 128 cm³/mol. The van der Waals surface area contributed by atoms with Crippen LogP contribution >= 0.6 is 0 Å². The topological polar surface area (TPSA) is 86.8 Å². The standard InChI is InChI=1S/C27H25N3O4/c1-3-19-8-4-7-11-23(19)28-24(31)17-29(2)25(32)20-14-12-18(13-15-20)16-30-26(33)21-9-5-6-10-22(21)27(30)34/h4-15H,3,16-17H2,1-2H3,(H,28,31). The normalized spacial score (nSPS) is 12.5. The molecule has 0 unspecified atom stereocenters. The molecule has 3 aromatic rings. The van der Waals surface area contributed by atoms with Crippen LogP contribution in [0.5, 0.6) is 0 Å². The molecule has 7 heteroatoms. The molecule has 1 aliphatic rings. The van der Waals surface area contributed by atoms with E-state index in [0.29, 0.717) is 16.7 Å². The van der Waals surface area contributed by atoms with Crippen molar-refractivity contribution in [3.8, 4) is 0 Å². The minimum absolute atomic E-state index is 0.0896. The summed E-state index contributed by atoms with van der Waals surface area (Å²) in [6, 6.07) is 21.0. The average molecular weight is 456 g/mol. The lowest BCUT2D eigenvalue weighted by molar-refractivity contribution is -0.116. The summed E-state index contributed by atoms with van der Waals surface area (Å²) in [7, 11) is 1.57. The van der Waals surface area contributed by atoms with Gasteiger partial charge in [-0.2, -0.15) is 0 Å². The van der Waals surface area contributed by atoms with Crippen molar-refractivity contribution in [2.45, 2.75) is 19.9 Å². The number of imide groups is 1. The molecule has 0 bridgehead atoms. The van der Waals surface area contributed by atoms with E-state index in [2.05, 4.69) is 5.32 Å².